The van der Waals surface area contributed by atoms with Crippen LogP contribution in [0.5, 0.6) is 5.75 Å². The number of nitrogens with zero attached hydrogens (tertiary/aromatic N) is 2. The minimum absolute atomic E-state index is 0.518. The van der Waals surface area contributed by atoms with Crippen molar-refractivity contribution in [1.82, 2.24) is 10.2 Å². The van der Waals surface area contributed by atoms with Crippen molar-refractivity contribution in [2.45, 2.75) is 13.5 Å². The quantitative estimate of drug-likeness (QED) is 0.865. The Hall–Kier alpha value is -2.17. The molecule has 0 fully saturated rings. The zero-order valence-corrected chi connectivity index (χ0v) is 10.9. The second kappa shape index (κ2) is 5.00. The van der Waals surface area contributed by atoms with Crippen LogP contribution in [0.3, 0.4) is 0 Å². The lowest BCUT2D eigenvalue weighted by Gasteiger charge is -2.19. The summed E-state index contributed by atoms with van der Waals surface area (Å²) >= 11 is 0. The first-order valence-electron chi connectivity index (χ1n) is 5.75. The number of ether oxygens (including phenoxy) is 1. The van der Waals surface area contributed by atoms with Crippen LogP contribution in [0.2, 0.25) is 0 Å². The van der Waals surface area contributed by atoms with E-state index in [1.165, 1.54) is 0 Å². The molecule has 0 unspecified atom stereocenters. The highest BCUT2D eigenvalue weighted by molar-refractivity contribution is 5.52. The number of benzene rings is 1. The van der Waals surface area contributed by atoms with Crippen LogP contribution < -0.4 is 15.4 Å². The predicted molar refractivity (Wildman–Crippen MR) is 72.8 cm³/mol. The standard InChI is InChI=1S/C13H18N4O/c1-9-6-11(4-5-12(9)18-3)17(2)8-10-7-13(14)16-15-10/h4-7H,8H2,1-3H3,(H3,14,15,16). The molecule has 1 aromatic heterocycles. The fraction of sp³-hybridized carbons (Fsp3) is 0.308. The molecule has 0 amide bonds. The van der Waals surface area contributed by atoms with Gasteiger partial charge in [-0.05, 0) is 30.7 Å². The first-order valence-corrected chi connectivity index (χ1v) is 5.75. The van der Waals surface area contributed by atoms with Crippen molar-refractivity contribution in [2.75, 3.05) is 24.8 Å². The molecule has 96 valence electrons. The van der Waals surface area contributed by atoms with Crippen molar-refractivity contribution in [1.29, 1.82) is 0 Å². The van der Waals surface area contributed by atoms with Gasteiger partial charge < -0.3 is 15.4 Å². The molecule has 0 saturated carbocycles. The van der Waals surface area contributed by atoms with E-state index < -0.39 is 0 Å². The maximum absolute atomic E-state index is 5.58. The third-order valence-corrected chi connectivity index (χ3v) is 2.88. The van der Waals surface area contributed by atoms with Gasteiger partial charge in [0.05, 0.1) is 19.3 Å². The van der Waals surface area contributed by atoms with Gasteiger partial charge in [-0.2, -0.15) is 5.10 Å². The molecule has 0 radical (unpaired) electrons. The van der Waals surface area contributed by atoms with E-state index in [0.717, 1.165) is 29.2 Å². The molecule has 0 aliphatic heterocycles. The Morgan fingerprint density at radius 2 is 2.17 bits per heavy atom. The summed E-state index contributed by atoms with van der Waals surface area (Å²) in [5.41, 5.74) is 8.81. The maximum Gasteiger partial charge on any atom is 0.145 e. The largest absolute Gasteiger partial charge is 0.496 e. The highest BCUT2D eigenvalue weighted by Gasteiger charge is 2.06. The van der Waals surface area contributed by atoms with Crippen LogP contribution in [0.15, 0.2) is 24.3 Å². The smallest absolute Gasteiger partial charge is 0.145 e. The summed E-state index contributed by atoms with van der Waals surface area (Å²) in [6.45, 7) is 2.76. The molecule has 1 aromatic carbocycles. The van der Waals surface area contributed by atoms with Crippen LogP contribution in [0.1, 0.15) is 11.3 Å². The molecule has 3 N–H and O–H groups in total. The van der Waals surface area contributed by atoms with E-state index in [-0.39, 0.29) is 0 Å². The van der Waals surface area contributed by atoms with Crippen LogP contribution in [-0.2, 0) is 6.54 Å². The number of methoxy groups -OCH3 is 1. The van der Waals surface area contributed by atoms with Crippen LogP contribution in [-0.4, -0.2) is 24.4 Å². The average Bonchev–Trinajstić information content (AvgIpc) is 2.74. The third kappa shape index (κ3) is 2.56. The van der Waals surface area contributed by atoms with E-state index in [1.807, 2.05) is 32.2 Å². The number of rotatable bonds is 4. The molecule has 1 heterocycles. The fourth-order valence-corrected chi connectivity index (χ4v) is 1.91. The molecule has 5 nitrogen and oxygen atoms in total. The topological polar surface area (TPSA) is 67.2 Å². The van der Waals surface area contributed by atoms with Gasteiger partial charge in [0, 0.05) is 18.8 Å². The molecule has 0 saturated heterocycles. The lowest BCUT2D eigenvalue weighted by Crippen LogP contribution is -2.16. The van der Waals surface area contributed by atoms with E-state index in [2.05, 4.69) is 21.2 Å². The van der Waals surface area contributed by atoms with Gasteiger partial charge >= 0.3 is 0 Å². The van der Waals surface area contributed by atoms with Crippen LogP contribution >= 0.6 is 0 Å². The monoisotopic (exact) mass is 246 g/mol. The number of hydrogen-bond acceptors (Lipinski definition) is 4. The summed E-state index contributed by atoms with van der Waals surface area (Å²) in [6, 6.07) is 7.94. The number of aromatic nitrogens is 2. The number of nitrogen functional groups attached to an aromatic ring is 1. The first-order chi connectivity index (χ1) is 8.60. The summed E-state index contributed by atoms with van der Waals surface area (Å²) in [5.74, 6) is 1.42. The zero-order chi connectivity index (χ0) is 13.1. The summed E-state index contributed by atoms with van der Waals surface area (Å²) < 4.78 is 5.25. The molecule has 0 aliphatic rings. The van der Waals surface area contributed by atoms with Gasteiger partial charge in [0.15, 0.2) is 0 Å². The molecule has 0 bridgehead atoms. The molecule has 2 rings (SSSR count). The lowest BCUT2D eigenvalue weighted by molar-refractivity contribution is 0.411. The Morgan fingerprint density at radius 3 is 2.72 bits per heavy atom. The fourth-order valence-electron chi connectivity index (χ4n) is 1.91. The van der Waals surface area contributed by atoms with Gasteiger partial charge in [0.1, 0.15) is 11.6 Å². The number of aryl methyl sites for hydroxylation is 1. The first kappa shape index (κ1) is 12.3. The normalized spacial score (nSPS) is 10.4. The number of H-pyrrole nitrogens is 1. The molecule has 0 atom stereocenters. The van der Waals surface area contributed by atoms with E-state index in [9.17, 15) is 0 Å². The SMILES string of the molecule is COc1ccc(N(C)Cc2cc(N)n[nH]2)cc1C. The van der Waals surface area contributed by atoms with E-state index >= 15 is 0 Å². The highest BCUT2D eigenvalue weighted by atomic mass is 16.5. The van der Waals surface area contributed by atoms with E-state index in [1.54, 1.807) is 7.11 Å². The highest BCUT2D eigenvalue weighted by Crippen LogP contribution is 2.24. The number of anilines is 2. The molecular formula is C13H18N4O. The maximum atomic E-state index is 5.58. The van der Waals surface area contributed by atoms with Crippen molar-refractivity contribution in [3.63, 3.8) is 0 Å². The molecule has 0 aliphatic carbocycles. The average molecular weight is 246 g/mol. The predicted octanol–water partition coefficient (Wildman–Crippen LogP) is 1.95. The van der Waals surface area contributed by atoms with Crippen LogP contribution in [0.4, 0.5) is 11.5 Å². The summed E-state index contributed by atoms with van der Waals surface area (Å²) in [4.78, 5) is 2.12. The Labute approximate surface area is 107 Å². The second-order valence-electron chi connectivity index (χ2n) is 4.33. The number of nitrogens with one attached hydrogen (secondary N) is 1. The summed E-state index contributed by atoms with van der Waals surface area (Å²) in [6.07, 6.45) is 0. The van der Waals surface area contributed by atoms with Crippen molar-refractivity contribution in [3.05, 3.63) is 35.5 Å². The molecule has 18 heavy (non-hydrogen) atoms. The minimum atomic E-state index is 0.518. The van der Waals surface area contributed by atoms with Gasteiger partial charge in [-0.1, -0.05) is 0 Å². The van der Waals surface area contributed by atoms with Crippen molar-refractivity contribution >= 4 is 11.5 Å². The molecule has 5 heteroatoms. The Bertz CT molecular complexity index is 536. The number of aromatic amines is 1. The Morgan fingerprint density at radius 1 is 1.39 bits per heavy atom. The van der Waals surface area contributed by atoms with Gasteiger partial charge in [-0.15, -0.1) is 0 Å². The Balaban J connectivity index is 2.13. The van der Waals surface area contributed by atoms with Gasteiger partial charge in [0.2, 0.25) is 0 Å². The van der Waals surface area contributed by atoms with Crippen LogP contribution in [0, 0.1) is 6.92 Å². The van der Waals surface area contributed by atoms with Crippen molar-refractivity contribution in [2.24, 2.45) is 0 Å². The van der Waals surface area contributed by atoms with Gasteiger partial charge in [-0.25, -0.2) is 0 Å². The summed E-state index contributed by atoms with van der Waals surface area (Å²) in [5, 5.41) is 6.82. The van der Waals surface area contributed by atoms with Gasteiger partial charge in [-0.3, -0.25) is 5.10 Å². The second-order valence-corrected chi connectivity index (χ2v) is 4.33. The molecule has 2 aromatic rings. The van der Waals surface area contributed by atoms with Crippen molar-refractivity contribution in [3.8, 4) is 5.75 Å². The van der Waals surface area contributed by atoms with E-state index in [0.29, 0.717) is 5.82 Å². The van der Waals surface area contributed by atoms with Crippen molar-refractivity contribution < 1.29 is 4.74 Å². The number of nitrogens with two attached hydrogens (primary N) is 1. The summed E-state index contributed by atoms with van der Waals surface area (Å²) in [7, 11) is 3.71. The zero-order valence-electron chi connectivity index (χ0n) is 10.9. The number of hydrogen-bond donors (Lipinski definition) is 2. The minimum Gasteiger partial charge on any atom is -0.496 e. The lowest BCUT2D eigenvalue weighted by atomic mass is 10.2. The molecular weight excluding hydrogens is 228 g/mol. The third-order valence-electron chi connectivity index (χ3n) is 2.88. The van der Waals surface area contributed by atoms with E-state index in [4.69, 9.17) is 10.5 Å². The molecule has 0 spiro atoms. The van der Waals surface area contributed by atoms with Crippen LogP contribution in [0.25, 0.3) is 0 Å². The van der Waals surface area contributed by atoms with Gasteiger partial charge in [0.25, 0.3) is 0 Å². The Kier molecular flexibility index (Phi) is 3.41.